The second-order valence-corrected chi connectivity index (χ2v) is 7.56. The predicted molar refractivity (Wildman–Crippen MR) is 112 cm³/mol. The lowest BCUT2D eigenvalue weighted by Crippen LogP contribution is -2.34. The van der Waals surface area contributed by atoms with Gasteiger partial charge in [-0.1, -0.05) is 23.5 Å². The average Bonchev–Trinajstić information content (AvgIpc) is 3.30. The number of benzene rings is 1. The van der Waals surface area contributed by atoms with Crippen molar-refractivity contribution in [2.75, 3.05) is 18.1 Å². The summed E-state index contributed by atoms with van der Waals surface area (Å²) in [5.74, 6) is -1.02. The zero-order chi connectivity index (χ0) is 21.4. The fraction of sp³-hybridized carbons (Fsp3) is 0.250. The zero-order valence-corrected chi connectivity index (χ0v) is 17.4. The lowest BCUT2D eigenvalue weighted by molar-refractivity contribution is -0.121. The standard InChI is InChI=1S/C20H18N4O5S/c1-4-24(20-22-12-7-5-6-8-13(12)30-20)14(25)9-28-19(27)15-11(2)29-17-16(15)18(26)23(3)10-21-17/h5-8,10H,4,9H2,1-3H3. The van der Waals surface area contributed by atoms with Crippen LogP contribution >= 0.6 is 11.3 Å². The van der Waals surface area contributed by atoms with Crippen LogP contribution in [-0.2, 0) is 16.6 Å². The number of hydrogen-bond acceptors (Lipinski definition) is 8. The maximum Gasteiger partial charge on any atom is 0.343 e. The van der Waals surface area contributed by atoms with E-state index in [2.05, 4.69) is 9.97 Å². The average molecular weight is 426 g/mol. The Labute approximate surface area is 174 Å². The molecule has 1 amide bonds. The van der Waals surface area contributed by atoms with E-state index in [0.29, 0.717) is 11.7 Å². The van der Waals surface area contributed by atoms with Crippen LogP contribution in [-0.4, -0.2) is 39.6 Å². The molecule has 0 aliphatic rings. The summed E-state index contributed by atoms with van der Waals surface area (Å²) in [6.45, 7) is 3.23. The van der Waals surface area contributed by atoms with Gasteiger partial charge in [-0.3, -0.25) is 14.5 Å². The first-order chi connectivity index (χ1) is 14.4. The van der Waals surface area contributed by atoms with E-state index in [-0.39, 0.29) is 22.4 Å². The molecule has 4 aromatic rings. The van der Waals surface area contributed by atoms with Crippen molar-refractivity contribution in [1.29, 1.82) is 0 Å². The third kappa shape index (κ3) is 3.35. The topological polar surface area (TPSA) is 108 Å². The monoisotopic (exact) mass is 426 g/mol. The van der Waals surface area contributed by atoms with E-state index >= 15 is 0 Å². The van der Waals surface area contributed by atoms with Crippen molar-refractivity contribution in [2.24, 2.45) is 7.05 Å². The molecule has 9 nitrogen and oxygen atoms in total. The fourth-order valence-electron chi connectivity index (χ4n) is 3.10. The third-order valence-electron chi connectivity index (χ3n) is 4.61. The summed E-state index contributed by atoms with van der Waals surface area (Å²) in [7, 11) is 1.52. The number of aryl methyl sites for hydroxylation is 2. The van der Waals surface area contributed by atoms with Crippen LogP contribution in [0.2, 0.25) is 0 Å². The Hall–Kier alpha value is -3.53. The van der Waals surface area contributed by atoms with E-state index < -0.39 is 24.0 Å². The van der Waals surface area contributed by atoms with Gasteiger partial charge in [0, 0.05) is 13.6 Å². The summed E-state index contributed by atoms with van der Waals surface area (Å²) < 4.78 is 12.8. The minimum Gasteiger partial charge on any atom is -0.452 e. The van der Waals surface area contributed by atoms with Crippen LogP contribution in [0.5, 0.6) is 0 Å². The summed E-state index contributed by atoms with van der Waals surface area (Å²) in [4.78, 5) is 47.7. The van der Waals surface area contributed by atoms with E-state index in [9.17, 15) is 14.4 Å². The number of rotatable bonds is 5. The normalized spacial score (nSPS) is 11.2. The molecule has 4 rings (SSSR count). The van der Waals surface area contributed by atoms with Crippen molar-refractivity contribution in [3.05, 3.63) is 52.3 Å². The number of hydrogen-bond donors (Lipinski definition) is 0. The van der Waals surface area contributed by atoms with Crippen molar-refractivity contribution in [1.82, 2.24) is 14.5 Å². The van der Waals surface area contributed by atoms with Crippen molar-refractivity contribution in [3.8, 4) is 0 Å². The molecule has 154 valence electrons. The number of likely N-dealkylation sites (N-methyl/N-ethyl adjacent to an activating group) is 1. The van der Waals surface area contributed by atoms with Gasteiger partial charge in [-0.05, 0) is 26.0 Å². The van der Waals surface area contributed by atoms with Gasteiger partial charge >= 0.3 is 5.97 Å². The quantitative estimate of drug-likeness (QED) is 0.452. The molecule has 0 fully saturated rings. The number of carbonyl (C=O) groups excluding carboxylic acids is 2. The highest BCUT2D eigenvalue weighted by Crippen LogP contribution is 2.28. The molecule has 0 bridgehead atoms. The number of thiazole rings is 1. The Balaban J connectivity index is 1.55. The van der Waals surface area contributed by atoms with Crippen molar-refractivity contribution in [2.45, 2.75) is 13.8 Å². The van der Waals surface area contributed by atoms with E-state index in [4.69, 9.17) is 9.15 Å². The van der Waals surface area contributed by atoms with Crippen molar-refractivity contribution in [3.63, 3.8) is 0 Å². The number of ether oxygens (including phenoxy) is 1. The van der Waals surface area contributed by atoms with Crippen LogP contribution in [0.15, 0.2) is 39.8 Å². The van der Waals surface area contributed by atoms with E-state index in [1.807, 2.05) is 31.2 Å². The van der Waals surface area contributed by atoms with Crippen LogP contribution in [0.1, 0.15) is 23.0 Å². The molecule has 30 heavy (non-hydrogen) atoms. The van der Waals surface area contributed by atoms with Crippen LogP contribution < -0.4 is 10.5 Å². The number of furan rings is 1. The van der Waals surface area contributed by atoms with Crippen LogP contribution in [0.4, 0.5) is 5.13 Å². The second-order valence-electron chi connectivity index (χ2n) is 6.55. The molecular weight excluding hydrogens is 408 g/mol. The van der Waals surface area contributed by atoms with Gasteiger partial charge in [0.2, 0.25) is 5.71 Å². The minimum atomic E-state index is -0.815. The largest absolute Gasteiger partial charge is 0.452 e. The Bertz CT molecular complexity index is 1300. The smallest absolute Gasteiger partial charge is 0.343 e. The summed E-state index contributed by atoms with van der Waals surface area (Å²) in [6, 6.07) is 7.58. The van der Waals surface area contributed by atoms with Gasteiger partial charge in [-0.2, -0.15) is 0 Å². The molecule has 3 heterocycles. The van der Waals surface area contributed by atoms with Gasteiger partial charge in [-0.15, -0.1) is 0 Å². The summed E-state index contributed by atoms with van der Waals surface area (Å²) in [5, 5.41) is 0.566. The van der Waals surface area contributed by atoms with Gasteiger partial charge in [0.05, 0.1) is 10.2 Å². The van der Waals surface area contributed by atoms with Gasteiger partial charge < -0.3 is 13.7 Å². The summed E-state index contributed by atoms with van der Waals surface area (Å²) >= 11 is 1.38. The highest BCUT2D eigenvalue weighted by atomic mass is 32.1. The Morgan fingerprint density at radius 3 is 2.80 bits per heavy atom. The third-order valence-corrected chi connectivity index (χ3v) is 5.67. The molecule has 0 atom stereocenters. The van der Waals surface area contributed by atoms with E-state index in [1.54, 1.807) is 6.92 Å². The van der Waals surface area contributed by atoms with Crippen molar-refractivity contribution < 1.29 is 18.7 Å². The van der Waals surface area contributed by atoms with Crippen LogP contribution in [0.3, 0.4) is 0 Å². The fourth-order valence-corrected chi connectivity index (χ4v) is 4.15. The lowest BCUT2D eigenvalue weighted by Gasteiger charge is -2.17. The number of amides is 1. The van der Waals surface area contributed by atoms with Gasteiger partial charge in [-0.25, -0.2) is 14.8 Å². The summed E-state index contributed by atoms with van der Waals surface area (Å²) in [5.41, 5.74) is 0.400. The Morgan fingerprint density at radius 1 is 1.30 bits per heavy atom. The molecule has 0 saturated heterocycles. The molecule has 10 heteroatoms. The van der Waals surface area contributed by atoms with Crippen LogP contribution in [0, 0.1) is 6.92 Å². The molecule has 0 saturated carbocycles. The van der Waals surface area contributed by atoms with Gasteiger partial charge in [0.25, 0.3) is 11.5 Å². The first-order valence-electron chi connectivity index (χ1n) is 9.18. The zero-order valence-electron chi connectivity index (χ0n) is 16.5. The highest BCUT2D eigenvalue weighted by molar-refractivity contribution is 7.22. The predicted octanol–water partition coefficient (Wildman–Crippen LogP) is 2.65. The Kier molecular flexibility index (Phi) is 5.08. The van der Waals surface area contributed by atoms with Gasteiger partial charge in [0.15, 0.2) is 11.7 Å². The van der Waals surface area contributed by atoms with E-state index in [0.717, 1.165) is 10.2 Å². The number of anilines is 1. The van der Waals surface area contributed by atoms with E-state index in [1.165, 1.54) is 34.2 Å². The second kappa shape index (κ2) is 7.71. The SMILES string of the molecule is CCN(C(=O)COC(=O)c1c(C)oc2ncn(C)c(=O)c12)c1nc2ccccc2s1. The van der Waals surface area contributed by atoms with Crippen LogP contribution in [0.25, 0.3) is 21.3 Å². The summed E-state index contributed by atoms with van der Waals surface area (Å²) in [6.07, 6.45) is 1.31. The lowest BCUT2D eigenvalue weighted by atomic mass is 10.2. The molecule has 3 aromatic heterocycles. The molecule has 0 spiro atoms. The number of fused-ring (bicyclic) bond motifs is 2. The highest BCUT2D eigenvalue weighted by Gasteiger charge is 2.26. The first-order valence-corrected chi connectivity index (χ1v) is 10.00. The molecule has 0 aliphatic carbocycles. The molecule has 0 radical (unpaired) electrons. The molecule has 0 aliphatic heterocycles. The number of esters is 1. The number of aromatic nitrogens is 3. The van der Waals surface area contributed by atoms with Gasteiger partial charge in [0.1, 0.15) is 23.0 Å². The first kappa shape index (κ1) is 19.8. The van der Waals surface area contributed by atoms with Crippen molar-refractivity contribution >= 4 is 49.7 Å². The number of para-hydroxylation sites is 1. The minimum absolute atomic E-state index is 0.0189. The molecule has 0 N–H and O–H groups in total. The molecule has 0 unspecified atom stereocenters. The molecule has 1 aromatic carbocycles. The maximum atomic E-state index is 12.7. The number of carbonyl (C=O) groups is 2. The molecular formula is C20H18N4O5S. The Morgan fingerprint density at radius 2 is 2.07 bits per heavy atom. The number of nitrogens with zero attached hydrogens (tertiary/aromatic N) is 4. The maximum absolute atomic E-state index is 12.7.